The summed E-state index contributed by atoms with van der Waals surface area (Å²) in [6.07, 6.45) is 5.41. The molecule has 0 radical (unpaired) electrons. The predicted molar refractivity (Wildman–Crippen MR) is 83.1 cm³/mol. The highest BCUT2D eigenvalue weighted by Gasteiger charge is 2.37. The van der Waals surface area contributed by atoms with Crippen LogP contribution in [0.4, 0.5) is 0 Å². The number of hydrazine groups is 1. The summed E-state index contributed by atoms with van der Waals surface area (Å²) >= 11 is 0. The molecule has 4 heteroatoms. The fraction of sp³-hybridized carbons (Fsp3) is 0.588. The van der Waals surface area contributed by atoms with Gasteiger partial charge in [0, 0.05) is 18.4 Å². The lowest BCUT2D eigenvalue weighted by Gasteiger charge is -2.31. The second-order valence-electron chi connectivity index (χ2n) is 6.08. The lowest BCUT2D eigenvalue weighted by atomic mass is 9.96. The molecule has 0 spiro atoms. The van der Waals surface area contributed by atoms with E-state index in [0.717, 1.165) is 19.4 Å². The normalized spacial score (nSPS) is 21.5. The first-order valence-corrected chi connectivity index (χ1v) is 7.87. The van der Waals surface area contributed by atoms with Gasteiger partial charge < -0.3 is 17.0 Å². The number of rotatable bonds is 3. The molecule has 3 rings (SSSR count). The van der Waals surface area contributed by atoms with Gasteiger partial charge in [-0.25, -0.2) is 0 Å². The molecular formula is C17H26BrN3. The third kappa shape index (κ3) is 3.02. The van der Waals surface area contributed by atoms with Crippen LogP contribution in [-0.4, -0.2) is 53.7 Å². The van der Waals surface area contributed by atoms with Gasteiger partial charge in [-0.1, -0.05) is 25.1 Å². The molecule has 21 heavy (non-hydrogen) atoms. The quantitative estimate of drug-likeness (QED) is 0.670. The average Bonchev–Trinajstić information content (AvgIpc) is 2.95. The molecule has 1 aromatic rings. The SMILES string of the molecule is CCC1=[N+](N2CCCC2N(C)C)CCc2ccccc21.[Br-]. The molecule has 0 N–H and O–H groups in total. The van der Waals surface area contributed by atoms with E-state index in [4.69, 9.17) is 0 Å². The van der Waals surface area contributed by atoms with Crippen LogP contribution in [0.1, 0.15) is 37.3 Å². The Morgan fingerprint density at radius 3 is 2.76 bits per heavy atom. The molecule has 1 saturated heterocycles. The topological polar surface area (TPSA) is 9.49 Å². The Morgan fingerprint density at radius 1 is 1.29 bits per heavy atom. The van der Waals surface area contributed by atoms with Gasteiger partial charge in [0.2, 0.25) is 5.71 Å². The predicted octanol–water partition coefficient (Wildman–Crippen LogP) is -0.643. The van der Waals surface area contributed by atoms with Crippen molar-refractivity contribution < 1.29 is 21.7 Å². The lowest BCUT2D eigenvalue weighted by molar-refractivity contribution is -0.699. The van der Waals surface area contributed by atoms with Gasteiger partial charge in [0.15, 0.2) is 6.54 Å². The summed E-state index contributed by atoms with van der Waals surface area (Å²) in [6, 6.07) is 8.92. The van der Waals surface area contributed by atoms with E-state index in [0.29, 0.717) is 6.17 Å². The Balaban J connectivity index is 0.00000161. The van der Waals surface area contributed by atoms with Crippen LogP contribution in [0.2, 0.25) is 0 Å². The van der Waals surface area contributed by atoms with Gasteiger partial charge in [-0.05, 0) is 38.6 Å². The molecule has 0 aromatic heterocycles. The van der Waals surface area contributed by atoms with Crippen molar-refractivity contribution in [2.75, 3.05) is 27.2 Å². The second-order valence-corrected chi connectivity index (χ2v) is 6.08. The monoisotopic (exact) mass is 351 g/mol. The van der Waals surface area contributed by atoms with Gasteiger partial charge in [0.25, 0.3) is 0 Å². The zero-order valence-corrected chi connectivity index (χ0v) is 14.9. The second kappa shape index (κ2) is 6.93. The summed E-state index contributed by atoms with van der Waals surface area (Å²) in [7, 11) is 4.40. The summed E-state index contributed by atoms with van der Waals surface area (Å²) in [5, 5.41) is 2.59. The molecule has 2 heterocycles. The zero-order chi connectivity index (χ0) is 14.1. The summed E-state index contributed by atoms with van der Waals surface area (Å²) < 4.78 is 2.57. The number of fused-ring (bicyclic) bond motifs is 1. The molecule has 1 atom stereocenters. The van der Waals surface area contributed by atoms with Crippen molar-refractivity contribution in [3.05, 3.63) is 35.4 Å². The van der Waals surface area contributed by atoms with E-state index in [2.05, 4.69) is 59.9 Å². The lowest BCUT2D eigenvalue weighted by Crippen LogP contribution is -3.00. The Hall–Kier alpha value is -0.870. The summed E-state index contributed by atoms with van der Waals surface area (Å²) in [4.78, 5) is 2.36. The number of hydrazone groups is 1. The Bertz CT molecular complexity index is 525. The van der Waals surface area contributed by atoms with Crippen LogP contribution in [0.25, 0.3) is 0 Å². The largest absolute Gasteiger partial charge is 1.00 e. The zero-order valence-electron chi connectivity index (χ0n) is 13.3. The minimum absolute atomic E-state index is 0. The van der Waals surface area contributed by atoms with Crippen molar-refractivity contribution in [3.8, 4) is 0 Å². The first-order valence-electron chi connectivity index (χ1n) is 7.87. The van der Waals surface area contributed by atoms with Crippen LogP contribution >= 0.6 is 0 Å². The summed E-state index contributed by atoms with van der Waals surface area (Å²) in [5.74, 6) is 0. The number of benzene rings is 1. The highest BCUT2D eigenvalue weighted by atomic mass is 79.9. The van der Waals surface area contributed by atoms with Gasteiger partial charge in [-0.15, -0.1) is 4.68 Å². The molecule has 2 aliphatic rings. The summed E-state index contributed by atoms with van der Waals surface area (Å²) in [5.41, 5.74) is 4.48. The van der Waals surface area contributed by atoms with E-state index in [-0.39, 0.29) is 17.0 Å². The molecule has 116 valence electrons. The van der Waals surface area contributed by atoms with E-state index >= 15 is 0 Å². The standard InChI is InChI=1S/C17H26N3.BrH/c1-4-16-15-9-6-5-8-14(15)11-13-19(16)20-12-7-10-17(20)18(2)3;/h5-6,8-9,17H,4,7,10-13H2,1-3H3;1H/q+1;/p-1. The maximum Gasteiger partial charge on any atom is 0.213 e. The van der Waals surface area contributed by atoms with Crippen molar-refractivity contribution in [1.29, 1.82) is 0 Å². The Labute approximate surface area is 139 Å². The van der Waals surface area contributed by atoms with Gasteiger partial charge in [-0.2, -0.15) is 5.01 Å². The molecule has 0 amide bonds. The molecule has 1 fully saturated rings. The van der Waals surface area contributed by atoms with Crippen LogP contribution in [0.15, 0.2) is 24.3 Å². The first-order chi connectivity index (χ1) is 9.72. The Kier molecular flexibility index (Phi) is 5.44. The van der Waals surface area contributed by atoms with Crippen molar-refractivity contribution in [2.45, 2.75) is 38.8 Å². The van der Waals surface area contributed by atoms with Gasteiger partial charge in [0.05, 0.1) is 6.54 Å². The van der Waals surface area contributed by atoms with Gasteiger partial charge >= 0.3 is 0 Å². The number of hydrogen-bond acceptors (Lipinski definition) is 2. The van der Waals surface area contributed by atoms with Crippen molar-refractivity contribution >= 4 is 5.71 Å². The first kappa shape index (κ1) is 16.5. The molecule has 0 aliphatic carbocycles. The fourth-order valence-corrected chi connectivity index (χ4v) is 3.72. The van der Waals surface area contributed by atoms with Crippen molar-refractivity contribution in [3.63, 3.8) is 0 Å². The minimum Gasteiger partial charge on any atom is -1.00 e. The number of halogens is 1. The van der Waals surface area contributed by atoms with Gasteiger partial charge in [0.1, 0.15) is 6.17 Å². The third-order valence-electron chi connectivity index (χ3n) is 4.67. The maximum absolute atomic E-state index is 2.59. The Morgan fingerprint density at radius 2 is 2.05 bits per heavy atom. The molecule has 1 unspecified atom stereocenters. The van der Waals surface area contributed by atoms with Crippen LogP contribution < -0.4 is 17.0 Å². The van der Waals surface area contributed by atoms with E-state index in [1.54, 1.807) is 0 Å². The van der Waals surface area contributed by atoms with Crippen molar-refractivity contribution in [1.82, 2.24) is 9.91 Å². The summed E-state index contributed by atoms with van der Waals surface area (Å²) in [6.45, 7) is 4.60. The molecule has 1 aromatic carbocycles. The molecule has 3 nitrogen and oxygen atoms in total. The van der Waals surface area contributed by atoms with Gasteiger partial charge in [-0.3, -0.25) is 4.90 Å². The highest BCUT2D eigenvalue weighted by molar-refractivity contribution is 5.98. The third-order valence-corrected chi connectivity index (χ3v) is 4.67. The minimum atomic E-state index is 0. The fourth-order valence-electron chi connectivity index (χ4n) is 3.72. The molecular weight excluding hydrogens is 326 g/mol. The highest BCUT2D eigenvalue weighted by Crippen LogP contribution is 2.24. The molecule has 0 saturated carbocycles. The van der Waals surface area contributed by atoms with Crippen molar-refractivity contribution in [2.24, 2.45) is 0 Å². The molecule has 0 bridgehead atoms. The maximum atomic E-state index is 2.59. The average molecular weight is 352 g/mol. The number of hydrogen-bond donors (Lipinski definition) is 0. The van der Waals surface area contributed by atoms with Crippen LogP contribution in [0, 0.1) is 0 Å². The van der Waals surface area contributed by atoms with Crippen LogP contribution in [0.5, 0.6) is 0 Å². The van der Waals surface area contributed by atoms with E-state index in [1.807, 2.05) is 0 Å². The van der Waals surface area contributed by atoms with E-state index in [1.165, 1.54) is 36.2 Å². The smallest absolute Gasteiger partial charge is 0.213 e. The van der Waals surface area contributed by atoms with E-state index < -0.39 is 0 Å². The van der Waals surface area contributed by atoms with Crippen LogP contribution in [0.3, 0.4) is 0 Å². The van der Waals surface area contributed by atoms with Crippen LogP contribution in [-0.2, 0) is 6.42 Å². The van der Waals surface area contributed by atoms with E-state index in [9.17, 15) is 0 Å². The molecule has 2 aliphatic heterocycles. The number of nitrogens with zero attached hydrogens (tertiary/aromatic N) is 3.